The lowest BCUT2D eigenvalue weighted by molar-refractivity contribution is -0.122. The van der Waals surface area contributed by atoms with E-state index in [1.807, 2.05) is 24.3 Å². The number of hydrogen-bond donors (Lipinski definition) is 1. The topological polar surface area (TPSA) is 84.9 Å². The van der Waals surface area contributed by atoms with Crippen molar-refractivity contribution in [2.24, 2.45) is 0 Å². The summed E-state index contributed by atoms with van der Waals surface area (Å²) in [4.78, 5) is 39.2. The van der Waals surface area contributed by atoms with Crippen molar-refractivity contribution in [1.29, 1.82) is 0 Å². The average molecular weight is 568 g/mol. The Bertz CT molecular complexity index is 1350. The van der Waals surface area contributed by atoms with Crippen LogP contribution in [0, 0.1) is 0 Å². The molecule has 0 unspecified atom stereocenters. The molecule has 0 spiro atoms. The molecule has 1 aliphatic heterocycles. The molecule has 7 nitrogen and oxygen atoms in total. The van der Waals surface area contributed by atoms with Crippen molar-refractivity contribution >= 4 is 57.1 Å². The summed E-state index contributed by atoms with van der Waals surface area (Å²) in [6, 6.07) is 18.1. The van der Waals surface area contributed by atoms with E-state index in [0.717, 1.165) is 14.9 Å². The van der Waals surface area contributed by atoms with Gasteiger partial charge < -0.3 is 9.47 Å². The average Bonchev–Trinajstić information content (AvgIpc) is 2.86. The van der Waals surface area contributed by atoms with Gasteiger partial charge >= 0.3 is 6.03 Å². The molecule has 0 radical (unpaired) electrons. The predicted molar refractivity (Wildman–Crippen MR) is 141 cm³/mol. The number of halogens is 2. The van der Waals surface area contributed by atoms with Crippen LogP contribution in [0.5, 0.6) is 11.5 Å². The molecule has 0 aromatic heterocycles. The van der Waals surface area contributed by atoms with Gasteiger partial charge in [-0.15, -0.1) is 0 Å². The van der Waals surface area contributed by atoms with Crippen molar-refractivity contribution in [3.05, 3.63) is 106 Å². The van der Waals surface area contributed by atoms with E-state index in [2.05, 4.69) is 27.8 Å². The Morgan fingerprint density at radius 2 is 1.69 bits per heavy atom. The highest BCUT2D eigenvalue weighted by Gasteiger charge is 2.37. The van der Waals surface area contributed by atoms with E-state index in [4.69, 9.17) is 21.1 Å². The fourth-order valence-electron chi connectivity index (χ4n) is 3.40. The lowest BCUT2D eigenvalue weighted by Gasteiger charge is -2.26. The Morgan fingerprint density at radius 1 is 0.972 bits per heavy atom. The van der Waals surface area contributed by atoms with Crippen molar-refractivity contribution in [3.8, 4) is 11.5 Å². The molecule has 3 aromatic carbocycles. The number of barbiturate groups is 1. The molecule has 9 heteroatoms. The van der Waals surface area contributed by atoms with Gasteiger partial charge in [0.05, 0.1) is 5.69 Å². The smallest absolute Gasteiger partial charge is 0.335 e. The highest BCUT2D eigenvalue weighted by Crippen LogP contribution is 2.29. The standard InChI is InChI=1S/C27H20BrClN2O5/c1-2-13-35-24-12-7-20(29)14-18(24)15-23-25(32)30-27(34)31(26(23)33)21-8-10-22(11-9-21)36-16-17-3-5-19(28)6-4-17/h2-12,14-15H,1,13,16H2,(H,30,32,34)/b23-15+. The molecule has 0 aliphatic carbocycles. The van der Waals surface area contributed by atoms with Crippen LogP contribution in [0.3, 0.4) is 0 Å². The number of nitrogens with zero attached hydrogens (tertiary/aromatic N) is 1. The van der Waals surface area contributed by atoms with E-state index in [1.165, 1.54) is 6.08 Å². The van der Waals surface area contributed by atoms with E-state index in [9.17, 15) is 14.4 Å². The zero-order chi connectivity index (χ0) is 25.7. The molecule has 182 valence electrons. The van der Waals surface area contributed by atoms with Gasteiger partial charge in [-0.05, 0) is 66.2 Å². The first-order chi connectivity index (χ1) is 17.4. The lowest BCUT2D eigenvalue weighted by Crippen LogP contribution is -2.54. The third-order valence-corrected chi connectivity index (χ3v) is 5.91. The van der Waals surface area contributed by atoms with Crippen molar-refractivity contribution in [2.45, 2.75) is 6.61 Å². The minimum Gasteiger partial charge on any atom is -0.489 e. The zero-order valence-electron chi connectivity index (χ0n) is 18.9. The second kappa shape index (κ2) is 11.2. The highest BCUT2D eigenvalue weighted by molar-refractivity contribution is 9.10. The van der Waals surface area contributed by atoms with Crippen LogP contribution in [-0.4, -0.2) is 24.5 Å². The Balaban J connectivity index is 1.56. The number of amides is 4. The Morgan fingerprint density at radius 3 is 2.39 bits per heavy atom. The van der Waals surface area contributed by atoms with Crippen LogP contribution in [0.1, 0.15) is 11.1 Å². The second-order valence-electron chi connectivity index (χ2n) is 7.65. The molecule has 0 bridgehead atoms. The first kappa shape index (κ1) is 25.2. The van der Waals surface area contributed by atoms with Crippen LogP contribution < -0.4 is 19.7 Å². The molecule has 1 N–H and O–H groups in total. The molecule has 3 aromatic rings. The number of nitrogens with one attached hydrogen (secondary N) is 1. The maximum absolute atomic E-state index is 13.2. The van der Waals surface area contributed by atoms with Crippen molar-refractivity contribution in [1.82, 2.24) is 5.32 Å². The number of ether oxygens (including phenoxy) is 2. The van der Waals surface area contributed by atoms with Gasteiger partial charge in [0.15, 0.2) is 0 Å². The Kier molecular flexibility index (Phi) is 7.87. The summed E-state index contributed by atoms with van der Waals surface area (Å²) in [5.41, 5.74) is 1.43. The van der Waals surface area contributed by atoms with Crippen LogP contribution in [0.4, 0.5) is 10.5 Å². The third kappa shape index (κ3) is 5.84. The van der Waals surface area contributed by atoms with Crippen LogP contribution >= 0.6 is 27.5 Å². The van der Waals surface area contributed by atoms with Gasteiger partial charge in [0, 0.05) is 15.1 Å². The van der Waals surface area contributed by atoms with Crippen molar-refractivity contribution < 1.29 is 23.9 Å². The first-order valence-electron chi connectivity index (χ1n) is 10.8. The maximum Gasteiger partial charge on any atom is 0.335 e. The van der Waals surface area contributed by atoms with Crippen molar-refractivity contribution in [3.63, 3.8) is 0 Å². The highest BCUT2D eigenvalue weighted by atomic mass is 79.9. The SMILES string of the molecule is C=CCOc1ccc(Cl)cc1/C=C1\C(=O)NC(=O)N(c2ccc(OCc3ccc(Br)cc3)cc2)C1=O. The van der Waals surface area contributed by atoms with E-state index < -0.39 is 17.8 Å². The van der Waals surface area contributed by atoms with Crippen molar-refractivity contribution in [2.75, 3.05) is 11.5 Å². The Labute approximate surface area is 221 Å². The molecule has 1 saturated heterocycles. The summed E-state index contributed by atoms with van der Waals surface area (Å²) >= 11 is 9.50. The van der Waals surface area contributed by atoms with E-state index >= 15 is 0 Å². The van der Waals surface area contributed by atoms with E-state index in [-0.39, 0.29) is 17.9 Å². The van der Waals surface area contributed by atoms with Crippen LogP contribution in [0.25, 0.3) is 6.08 Å². The number of anilines is 1. The largest absolute Gasteiger partial charge is 0.489 e. The quantitative estimate of drug-likeness (QED) is 0.208. The minimum absolute atomic E-state index is 0.221. The number of carbonyl (C=O) groups excluding carboxylic acids is 3. The summed E-state index contributed by atoms with van der Waals surface area (Å²) < 4.78 is 12.4. The summed E-state index contributed by atoms with van der Waals surface area (Å²) in [6.07, 6.45) is 2.91. The summed E-state index contributed by atoms with van der Waals surface area (Å²) in [6.45, 7) is 4.19. The number of rotatable bonds is 8. The third-order valence-electron chi connectivity index (χ3n) is 5.14. The van der Waals surface area contributed by atoms with Gasteiger partial charge in [-0.25, -0.2) is 9.69 Å². The fourth-order valence-corrected chi connectivity index (χ4v) is 3.84. The summed E-state index contributed by atoms with van der Waals surface area (Å²) in [7, 11) is 0. The number of hydrogen-bond acceptors (Lipinski definition) is 5. The molecular weight excluding hydrogens is 548 g/mol. The van der Waals surface area contributed by atoms with Crippen LogP contribution in [0.2, 0.25) is 5.02 Å². The summed E-state index contributed by atoms with van der Waals surface area (Å²) in [5.74, 6) is -0.628. The number of imide groups is 2. The number of carbonyl (C=O) groups is 3. The van der Waals surface area contributed by atoms with Crippen LogP contribution in [-0.2, 0) is 16.2 Å². The maximum atomic E-state index is 13.2. The zero-order valence-corrected chi connectivity index (χ0v) is 21.2. The molecular formula is C27H20BrClN2O5. The van der Waals surface area contributed by atoms with Gasteiger partial charge in [-0.2, -0.15) is 0 Å². The van der Waals surface area contributed by atoms with Gasteiger partial charge in [0.25, 0.3) is 11.8 Å². The monoisotopic (exact) mass is 566 g/mol. The van der Waals surface area contributed by atoms with E-state index in [0.29, 0.717) is 28.7 Å². The number of urea groups is 1. The van der Waals surface area contributed by atoms with E-state index in [1.54, 1.807) is 48.5 Å². The molecule has 0 atom stereocenters. The van der Waals surface area contributed by atoms with Gasteiger partial charge in [0.1, 0.15) is 30.3 Å². The fraction of sp³-hybridized carbons (Fsp3) is 0.0741. The minimum atomic E-state index is -0.847. The van der Waals surface area contributed by atoms with Gasteiger partial charge in [-0.1, -0.05) is 52.3 Å². The molecule has 1 fully saturated rings. The normalized spacial score (nSPS) is 14.6. The molecule has 4 amide bonds. The molecule has 4 rings (SSSR count). The Hall–Kier alpha value is -3.88. The molecule has 36 heavy (non-hydrogen) atoms. The molecule has 0 saturated carbocycles. The van der Waals surface area contributed by atoms with Gasteiger partial charge in [-0.3, -0.25) is 14.9 Å². The summed E-state index contributed by atoms with van der Waals surface area (Å²) in [5, 5.41) is 2.60. The second-order valence-corrected chi connectivity index (χ2v) is 9.00. The lowest BCUT2D eigenvalue weighted by atomic mass is 10.1. The molecule has 1 aliphatic rings. The van der Waals surface area contributed by atoms with Crippen LogP contribution in [0.15, 0.2) is 89.4 Å². The first-order valence-corrected chi connectivity index (χ1v) is 11.9. The molecule has 1 heterocycles. The number of benzene rings is 3. The predicted octanol–water partition coefficient (Wildman–Crippen LogP) is 5.91. The van der Waals surface area contributed by atoms with Gasteiger partial charge in [0.2, 0.25) is 0 Å².